The summed E-state index contributed by atoms with van der Waals surface area (Å²) < 4.78 is 11.9. The van der Waals surface area contributed by atoms with E-state index in [0.717, 1.165) is 11.3 Å². The van der Waals surface area contributed by atoms with Gasteiger partial charge in [0.25, 0.3) is 0 Å². The molecule has 2 aromatic heterocycles. The Balaban J connectivity index is 1.91. The minimum absolute atomic E-state index is 0.109. The first-order valence-electron chi connectivity index (χ1n) is 5.98. The van der Waals surface area contributed by atoms with E-state index in [4.69, 9.17) is 9.47 Å². The van der Waals surface area contributed by atoms with Crippen molar-refractivity contribution in [2.75, 3.05) is 20.8 Å². The number of nitrogens with zero attached hydrogens (tertiary/aromatic N) is 2. The molecular weight excluding hydrogens is 246 g/mol. The summed E-state index contributed by atoms with van der Waals surface area (Å²) >= 11 is 0. The zero-order chi connectivity index (χ0) is 13.7. The predicted molar refractivity (Wildman–Crippen MR) is 69.7 cm³/mol. The van der Waals surface area contributed by atoms with Crippen LogP contribution in [0.3, 0.4) is 0 Å². The van der Waals surface area contributed by atoms with Gasteiger partial charge in [-0.1, -0.05) is 6.07 Å². The van der Waals surface area contributed by atoms with Gasteiger partial charge in [0.05, 0.1) is 18.7 Å². The molecule has 0 aromatic carbocycles. The normalized spacial score (nSPS) is 11.1. The summed E-state index contributed by atoms with van der Waals surface area (Å²) in [6.45, 7) is 0.319. The van der Waals surface area contributed by atoms with Crippen molar-refractivity contribution in [2.45, 2.75) is 12.7 Å². The van der Waals surface area contributed by atoms with Crippen molar-refractivity contribution in [3.63, 3.8) is 0 Å². The van der Waals surface area contributed by atoms with Crippen LogP contribution < -0.4 is 5.32 Å². The maximum absolute atomic E-state index is 11.8. The molecule has 2 rings (SSSR count). The van der Waals surface area contributed by atoms with Crippen LogP contribution in [-0.4, -0.2) is 42.3 Å². The first-order valence-corrected chi connectivity index (χ1v) is 5.98. The Morgan fingerprint density at radius 3 is 2.89 bits per heavy atom. The van der Waals surface area contributed by atoms with Gasteiger partial charge in [-0.05, 0) is 12.1 Å². The number of rotatable bonds is 6. The number of aromatic nitrogens is 2. The number of nitrogens with one attached hydrogen (secondary N) is 1. The second-order valence-electron chi connectivity index (χ2n) is 4.08. The summed E-state index contributed by atoms with van der Waals surface area (Å²) in [6.07, 6.45) is 3.56. The molecule has 2 heterocycles. The first-order chi connectivity index (χ1) is 9.22. The first kappa shape index (κ1) is 13.5. The van der Waals surface area contributed by atoms with Crippen molar-refractivity contribution in [3.8, 4) is 0 Å². The van der Waals surface area contributed by atoms with Crippen molar-refractivity contribution in [3.05, 3.63) is 36.3 Å². The van der Waals surface area contributed by atoms with E-state index in [9.17, 15) is 4.79 Å². The van der Waals surface area contributed by atoms with Crippen molar-refractivity contribution in [2.24, 2.45) is 0 Å². The zero-order valence-electron chi connectivity index (χ0n) is 11.0. The fourth-order valence-electron chi connectivity index (χ4n) is 1.76. The molecule has 102 valence electrons. The predicted octanol–water partition coefficient (Wildman–Crippen LogP) is 0.612. The van der Waals surface area contributed by atoms with Gasteiger partial charge in [-0.25, -0.2) is 4.98 Å². The van der Waals surface area contributed by atoms with Crippen LogP contribution in [0, 0.1) is 0 Å². The smallest absolute Gasteiger partial charge is 0.226 e. The number of methoxy groups -OCH3 is 2. The fourth-order valence-corrected chi connectivity index (χ4v) is 1.76. The lowest BCUT2D eigenvalue weighted by Crippen LogP contribution is -2.35. The highest BCUT2D eigenvalue weighted by Crippen LogP contribution is 2.05. The van der Waals surface area contributed by atoms with E-state index in [0.29, 0.717) is 6.54 Å². The van der Waals surface area contributed by atoms with E-state index in [1.165, 1.54) is 14.2 Å². The van der Waals surface area contributed by atoms with Crippen LogP contribution in [0.4, 0.5) is 0 Å². The van der Waals surface area contributed by atoms with E-state index in [1.807, 2.05) is 35.0 Å². The van der Waals surface area contributed by atoms with Crippen LogP contribution in [0.25, 0.3) is 5.65 Å². The highest BCUT2D eigenvalue weighted by atomic mass is 16.7. The highest BCUT2D eigenvalue weighted by molar-refractivity contribution is 5.78. The van der Waals surface area contributed by atoms with Gasteiger partial charge >= 0.3 is 0 Å². The lowest BCUT2D eigenvalue weighted by atomic mass is 10.3. The van der Waals surface area contributed by atoms with E-state index < -0.39 is 6.29 Å². The molecule has 19 heavy (non-hydrogen) atoms. The SMILES string of the molecule is COC(CNC(=O)Cc1cn2ccccc2n1)OC. The molecule has 0 aliphatic carbocycles. The third-order valence-corrected chi connectivity index (χ3v) is 2.75. The Bertz CT molecular complexity index is 516. The summed E-state index contributed by atoms with van der Waals surface area (Å²) in [4.78, 5) is 16.1. The van der Waals surface area contributed by atoms with E-state index in [-0.39, 0.29) is 12.3 Å². The molecule has 0 spiro atoms. The van der Waals surface area contributed by atoms with Crippen LogP contribution in [0.5, 0.6) is 0 Å². The summed E-state index contributed by atoms with van der Waals surface area (Å²) in [6, 6.07) is 5.72. The Morgan fingerprint density at radius 2 is 2.21 bits per heavy atom. The second kappa shape index (κ2) is 6.31. The quantitative estimate of drug-likeness (QED) is 0.776. The number of pyridine rings is 1. The van der Waals surface area contributed by atoms with Crippen LogP contribution in [0.15, 0.2) is 30.6 Å². The van der Waals surface area contributed by atoms with Crippen LogP contribution in [0.2, 0.25) is 0 Å². The lowest BCUT2D eigenvalue weighted by Gasteiger charge is -2.13. The molecule has 1 amide bonds. The van der Waals surface area contributed by atoms with Gasteiger partial charge in [-0.2, -0.15) is 0 Å². The van der Waals surface area contributed by atoms with Gasteiger partial charge in [0.2, 0.25) is 5.91 Å². The molecule has 6 heteroatoms. The fraction of sp³-hybridized carbons (Fsp3) is 0.385. The van der Waals surface area contributed by atoms with Crippen LogP contribution >= 0.6 is 0 Å². The number of carbonyl (C=O) groups excluding carboxylic acids is 1. The average molecular weight is 263 g/mol. The largest absolute Gasteiger partial charge is 0.354 e. The number of ether oxygens (including phenoxy) is 2. The van der Waals surface area contributed by atoms with Crippen LogP contribution in [0.1, 0.15) is 5.69 Å². The van der Waals surface area contributed by atoms with Crippen molar-refractivity contribution in [1.82, 2.24) is 14.7 Å². The minimum Gasteiger partial charge on any atom is -0.354 e. The Labute approximate surface area is 111 Å². The molecule has 0 saturated heterocycles. The maximum atomic E-state index is 11.8. The Kier molecular flexibility index (Phi) is 4.48. The lowest BCUT2D eigenvalue weighted by molar-refractivity contribution is -0.126. The van der Waals surface area contributed by atoms with E-state index >= 15 is 0 Å². The molecule has 0 bridgehead atoms. The van der Waals surface area contributed by atoms with Gasteiger partial charge < -0.3 is 19.2 Å². The molecule has 0 radical (unpaired) electrons. The monoisotopic (exact) mass is 263 g/mol. The standard InChI is InChI=1S/C13H17N3O3/c1-18-13(19-2)8-14-12(17)7-10-9-16-6-4-3-5-11(16)15-10/h3-6,9,13H,7-8H2,1-2H3,(H,14,17). The third-order valence-electron chi connectivity index (χ3n) is 2.75. The Morgan fingerprint density at radius 1 is 1.42 bits per heavy atom. The zero-order valence-corrected chi connectivity index (χ0v) is 11.0. The molecule has 0 fully saturated rings. The van der Waals surface area contributed by atoms with E-state index in [1.54, 1.807) is 0 Å². The van der Waals surface area contributed by atoms with Gasteiger partial charge in [0.15, 0.2) is 6.29 Å². The summed E-state index contributed by atoms with van der Waals surface area (Å²) in [5.41, 5.74) is 1.56. The molecule has 1 N–H and O–H groups in total. The second-order valence-corrected chi connectivity index (χ2v) is 4.08. The molecule has 0 aliphatic heterocycles. The number of amides is 1. The number of hydrogen-bond acceptors (Lipinski definition) is 4. The molecule has 6 nitrogen and oxygen atoms in total. The molecule has 0 unspecified atom stereocenters. The average Bonchev–Trinajstić information content (AvgIpc) is 2.81. The summed E-state index contributed by atoms with van der Waals surface area (Å²) in [5, 5.41) is 2.74. The number of fused-ring (bicyclic) bond motifs is 1. The highest BCUT2D eigenvalue weighted by Gasteiger charge is 2.10. The number of carbonyl (C=O) groups is 1. The van der Waals surface area contributed by atoms with Crippen molar-refractivity contribution in [1.29, 1.82) is 0 Å². The topological polar surface area (TPSA) is 64.9 Å². The number of hydrogen-bond donors (Lipinski definition) is 1. The molecule has 0 atom stereocenters. The van der Waals surface area contributed by atoms with Crippen LogP contribution in [-0.2, 0) is 20.7 Å². The number of imidazole rings is 1. The maximum Gasteiger partial charge on any atom is 0.226 e. The third kappa shape index (κ3) is 3.52. The summed E-state index contributed by atoms with van der Waals surface area (Å²) in [7, 11) is 3.06. The van der Waals surface area contributed by atoms with Crippen molar-refractivity contribution < 1.29 is 14.3 Å². The molecule has 2 aromatic rings. The van der Waals surface area contributed by atoms with Gasteiger partial charge in [-0.3, -0.25) is 4.79 Å². The molecule has 0 saturated carbocycles. The summed E-state index contributed by atoms with van der Waals surface area (Å²) in [5.74, 6) is -0.109. The molecular formula is C13H17N3O3. The molecule has 0 aliphatic rings. The van der Waals surface area contributed by atoms with Crippen molar-refractivity contribution >= 4 is 11.6 Å². The van der Waals surface area contributed by atoms with Gasteiger partial charge in [0.1, 0.15) is 5.65 Å². The minimum atomic E-state index is -0.426. The van der Waals surface area contributed by atoms with Gasteiger partial charge in [0, 0.05) is 26.6 Å². The van der Waals surface area contributed by atoms with E-state index in [2.05, 4.69) is 10.3 Å². The Hall–Kier alpha value is -1.92. The van der Waals surface area contributed by atoms with Gasteiger partial charge in [-0.15, -0.1) is 0 Å².